The summed E-state index contributed by atoms with van der Waals surface area (Å²) < 4.78 is 12.8. The molecule has 0 amide bonds. The molecule has 1 unspecified atom stereocenters. The summed E-state index contributed by atoms with van der Waals surface area (Å²) in [6.07, 6.45) is 0. The lowest BCUT2D eigenvalue weighted by Crippen LogP contribution is -2.30. The van der Waals surface area contributed by atoms with E-state index in [0.29, 0.717) is 18.5 Å². The molecule has 2 aromatic carbocycles. The van der Waals surface area contributed by atoms with Crippen LogP contribution in [0.25, 0.3) is 0 Å². The van der Waals surface area contributed by atoms with E-state index in [9.17, 15) is 0 Å². The second-order valence-corrected chi connectivity index (χ2v) is 6.27. The summed E-state index contributed by atoms with van der Waals surface area (Å²) in [5, 5.41) is 0.716. The van der Waals surface area contributed by atoms with Crippen LogP contribution in [-0.2, 0) is 10.3 Å². The Labute approximate surface area is 142 Å². The molecule has 0 N–H and O–H groups in total. The standard InChI is InChI=1S/C17H18Br2O2/c1-17(13-18,15-9-5-6-10-16(15)19)21-12-11-20-14-7-3-2-4-8-14/h2-10H,11-13H2,1H3. The van der Waals surface area contributed by atoms with E-state index >= 15 is 0 Å². The van der Waals surface area contributed by atoms with Crippen molar-refractivity contribution < 1.29 is 9.47 Å². The van der Waals surface area contributed by atoms with Crippen LogP contribution in [0.4, 0.5) is 0 Å². The van der Waals surface area contributed by atoms with Gasteiger partial charge < -0.3 is 9.47 Å². The third kappa shape index (κ3) is 4.56. The van der Waals surface area contributed by atoms with Gasteiger partial charge in [-0.2, -0.15) is 0 Å². The molecule has 0 aliphatic heterocycles. The molecule has 2 rings (SSSR count). The summed E-state index contributed by atoms with van der Waals surface area (Å²) in [6.45, 7) is 3.12. The number of hydrogen-bond donors (Lipinski definition) is 0. The number of hydrogen-bond acceptors (Lipinski definition) is 2. The molecule has 0 radical (unpaired) electrons. The van der Waals surface area contributed by atoms with Gasteiger partial charge in [-0.25, -0.2) is 0 Å². The van der Waals surface area contributed by atoms with Crippen LogP contribution < -0.4 is 4.74 Å². The van der Waals surface area contributed by atoms with Gasteiger partial charge >= 0.3 is 0 Å². The second kappa shape index (κ2) is 7.97. The van der Waals surface area contributed by atoms with Gasteiger partial charge in [0.2, 0.25) is 0 Å². The number of para-hydroxylation sites is 1. The van der Waals surface area contributed by atoms with Crippen LogP contribution in [0, 0.1) is 0 Å². The number of alkyl halides is 1. The maximum Gasteiger partial charge on any atom is 0.119 e. The topological polar surface area (TPSA) is 18.5 Å². The van der Waals surface area contributed by atoms with Gasteiger partial charge in [0, 0.05) is 9.80 Å². The van der Waals surface area contributed by atoms with Gasteiger partial charge in [0.1, 0.15) is 18.0 Å². The van der Waals surface area contributed by atoms with Crippen LogP contribution in [-0.4, -0.2) is 18.5 Å². The zero-order valence-electron chi connectivity index (χ0n) is 11.9. The summed E-state index contributed by atoms with van der Waals surface area (Å²) in [6, 6.07) is 17.9. The molecule has 21 heavy (non-hydrogen) atoms. The first-order chi connectivity index (χ1) is 10.2. The molecule has 0 saturated heterocycles. The molecule has 0 aromatic heterocycles. The van der Waals surface area contributed by atoms with Crippen molar-refractivity contribution in [1.29, 1.82) is 0 Å². The Morgan fingerprint density at radius 3 is 2.29 bits per heavy atom. The third-order valence-corrected chi connectivity index (χ3v) is 4.98. The fourth-order valence-corrected chi connectivity index (χ4v) is 3.19. The minimum absolute atomic E-state index is 0.389. The van der Waals surface area contributed by atoms with Gasteiger partial charge in [0.25, 0.3) is 0 Å². The van der Waals surface area contributed by atoms with Crippen molar-refractivity contribution in [2.75, 3.05) is 18.5 Å². The molecule has 0 fully saturated rings. The number of benzene rings is 2. The quantitative estimate of drug-likeness (QED) is 0.461. The number of halogens is 2. The molecule has 0 saturated carbocycles. The zero-order chi connectivity index (χ0) is 15.1. The maximum absolute atomic E-state index is 6.07. The van der Waals surface area contributed by atoms with Gasteiger partial charge in [-0.05, 0) is 30.7 Å². The summed E-state index contributed by atoms with van der Waals surface area (Å²) in [4.78, 5) is 0. The average Bonchev–Trinajstić information content (AvgIpc) is 2.53. The lowest BCUT2D eigenvalue weighted by atomic mass is 9.98. The van der Waals surface area contributed by atoms with Crippen LogP contribution in [0.15, 0.2) is 59.1 Å². The fourth-order valence-electron chi connectivity index (χ4n) is 2.02. The van der Waals surface area contributed by atoms with Crippen molar-refractivity contribution >= 4 is 31.9 Å². The normalized spacial score (nSPS) is 13.7. The summed E-state index contributed by atoms with van der Waals surface area (Å²) >= 11 is 7.14. The van der Waals surface area contributed by atoms with E-state index in [0.717, 1.165) is 15.8 Å². The number of ether oxygens (including phenoxy) is 2. The first kappa shape index (κ1) is 16.5. The third-order valence-electron chi connectivity index (χ3n) is 3.21. The Kier molecular flexibility index (Phi) is 6.27. The predicted molar refractivity (Wildman–Crippen MR) is 93.2 cm³/mol. The molecule has 0 bridgehead atoms. The highest BCUT2D eigenvalue weighted by Crippen LogP contribution is 2.33. The van der Waals surface area contributed by atoms with E-state index < -0.39 is 0 Å². The second-order valence-electron chi connectivity index (χ2n) is 4.85. The largest absolute Gasteiger partial charge is 0.491 e. The Morgan fingerprint density at radius 2 is 1.62 bits per heavy atom. The molecule has 112 valence electrons. The fraction of sp³-hybridized carbons (Fsp3) is 0.294. The molecule has 0 spiro atoms. The molecule has 2 nitrogen and oxygen atoms in total. The molecular formula is C17H18Br2O2. The van der Waals surface area contributed by atoms with Crippen molar-refractivity contribution in [2.45, 2.75) is 12.5 Å². The lowest BCUT2D eigenvalue weighted by molar-refractivity contribution is -0.0296. The molecule has 0 aliphatic rings. The van der Waals surface area contributed by atoms with Gasteiger partial charge in [-0.3, -0.25) is 0 Å². The minimum atomic E-state index is -0.389. The van der Waals surface area contributed by atoms with Crippen LogP contribution in [0.3, 0.4) is 0 Å². The highest BCUT2D eigenvalue weighted by molar-refractivity contribution is 9.10. The molecule has 0 heterocycles. The summed E-state index contributed by atoms with van der Waals surface area (Å²) in [5.74, 6) is 0.863. The highest BCUT2D eigenvalue weighted by Gasteiger charge is 2.28. The van der Waals surface area contributed by atoms with E-state index in [2.05, 4.69) is 44.8 Å². The van der Waals surface area contributed by atoms with Crippen LogP contribution in [0.5, 0.6) is 5.75 Å². The first-order valence-electron chi connectivity index (χ1n) is 6.78. The van der Waals surface area contributed by atoms with Crippen LogP contribution in [0.1, 0.15) is 12.5 Å². The van der Waals surface area contributed by atoms with Gasteiger partial charge in [-0.1, -0.05) is 68.3 Å². The molecule has 4 heteroatoms. The van der Waals surface area contributed by atoms with Crippen LogP contribution in [0.2, 0.25) is 0 Å². The SMILES string of the molecule is CC(CBr)(OCCOc1ccccc1)c1ccccc1Br. The van der Waals surface area contributed by atoms with E-state index in [-0.39, 0.29) is 5.60 Å². The monoisotopic (exact) mass is 412 g/mol. The predicted octanol–water partition coefficient (Wildman–Crippen LogP) is 5.15. The number of rotatable bonds is 7. The van der Waals surface area contributed by atoms with E-state index in [1.165, 1.54) is 0 Å². The van der Waals surface area contributed by atoms with Crippen molar-refractivity contribution in [3.05, 3.63) is 64.6 Å². The van der Waals surface area contributed by atoms with Crippen molar-refractivity contribution in [1.82, 2.24) is 0 Å². The van der Waals surface area contributed by atoms with Gasteiger partial charge in [0.05, 0.1) is 6.61 Å². The van der Waals surface area contributed by atoms with E-state index in [1.54, 1.807) is 0 Å². The molecule has 2 aromatic rings. The summed E-state index contributed by atoms with van der Waals surface area (Å²) in [5.41, 5.74) is 0.738. The molecular weight excluding hydrogens is 396 g/mol. The Hall–Kier alpha value is -0.840. The highest BCUT2D eigenvalue weighted by atomic mass is 79.9. The van der Waals surface area contributed by atoms with Crippen molar-refractivity contribution in [3.8, 4) is 5.75 Å². The lowest BCUT2D eigenvalue weighted by Gasteiger charge is -2.29. The Balaban J connectivity index is 1.92. The zero-order valence-corrected chi connectivity index (χ0v) is 15.1. The molecule has 0 aliphatic carbocycles. The van der Waals surface area contributed by atoms with Crippen LogP contribution >= 0.6 is 31.9 Å². The Bertz CT molecular complexity index is 560. The van der Waals surface area contributed by atoms with Crippen molar-refractivity contribution in [3.63, 3.8) is 0 Å². The Morgan fingerprint density at radius 1 is 0.952 bits per heavy atom. The molecule has 1 atom stereocenters. The summed E-state index contributed by atoms with van der Waals surface area (Å²) in [7, 11) is 0. The van der Waals surface area contributed by atoms with E-state index in [4.69, 9.17) is 9.47 Å². The maximum atomic E-state index is 6.07. The first-order valence-corrected chi connectivity index (χ1v) is 8.70. The van der Waals surface area contributed by atoms with Crippen molar-refractivity contribution in [2.24, 2.45) is 0 Å². The van der Waals surface area contributed by atoms with Gasteiger partial charge in [-0.15, -0.1) is 0 Å². The van der Waals surface area contributed by atoms with Gasteiger partial charge in [0.15, 0.2) is 0 Å². The van der Waals surface area contributed by atoms with E-state index in [1.807, 2.05) is 48.5 Å². The average molecular weight is 414 g/mol. The minimum Gasteiger partial charge on any atom is -0.491 e. The smallest absolute Gasteiger partial charge is 0.119 e.